The fourth-order valence-electron chi connectivity index (χ4n) is 17.5. The van der Waals surface area contributed by atoms with Crippen LogP contribution in [0.15, 0.2) is 91.1 Å². The maximum Gasteiger partial charge on any atom is 0.410 e. The van der Waals surface area contributed by atoms with Crippen LogP contribution in [0, 0.1) is 42.3 Å². The molecule has 2 aliphatic heterocycles. The third-order valence-corrected chi connectivity index (χ3v) is 25.5. The van der Waals surface area contributed by atoms with E-state index in [1.165, 1.54) is 56.5 Å². The molecule has 2 fully saturated rings. The van der Waals surface area contributed by atoms with Crippen LogP contribution in [0.5, 0.6) is 0 Å². The van der Waals surface area contributed by atoms with Gasteiger partial charge in [-0.3, -0.25) is 57.6 Å². The zero-order chi connectivity index (χ0) is 102. The lowest BCUT2D eigenvalue weighted by Crippen LogP contribution is -2.60. The van der Waals surface area contributed by atoms with Crippen LogP contribution in [0.2, 0.25) is 5.02 Å². The third-order valence-electron chi connectivity index (χ3n) is 25.3. The van der Waals surface area contributed by atoms with E-state index >= 15 is 9.18 Å². The van der Waals surface area contributed by atoms with Gasteiger partial charge in [-0.1, -0.05) is 123 Å². The minimum atomic E-state index is -1.42. The quantitative estimate of drug-likeness (QED) is 0.0177. The molecule has 39 nitrogen and oxygen atoms in total. The van der Waals surface area contributed by atoms with Crippen molar-refractivity contribution in [3.05, 3.63) is 124 Å². The molecule has 2 saturated heterocycles. The number of likely N-dealkylation sites (N-methyl/N-ethyl adjacent to an activating group) is 2. The molecule has 4 aromatic carbocycles. The number of halogens is 2. The SMILES string of the molecule is CC[C@H](C)[C@@H]([C@@H](CC(=O)N1CCC[C@H]1[C@H](OC)[C@@H](C)C(=O)N[C@H](C)[C@@H](O)c1ccccc1)OC)N(C)C(=O)[C@@H](NC(=O)[C@H](C(C)C)N(C)C(=O)OCc1ccc(NC(=O)[C@H](CCCNC(N)=O)NC(=O)[C@@H](NC(=O)[C@H](CCC(N)=O)NC(=O)CCOCCC(=O)NCCNc2ncc(-c3cc(C)cc(F)c3)c(N3CCC(N)CC3)c2-c2nc3ccc(Cl)cc3[nH]2)C(C)C)cc1C(=O)NCCN)C(C)C. The Hall–Kier alpha value is -12.2. The highest BCUT2D eigenvalue weighted by Crippen LogP contribution is 2.45. The number of hydrogen-bond donors (Lipinski definition) is 16. The smallest absolute Gasteiger partial charge is 0.410 e. The number of urea groups is 1. The molecule has 0 saturated carbocycles. The number of aryl methyl sites for hydroxylation is 1. The summed E-state index contributed by atoms with van der Waals surface area (Å²) in [4.78, 5) is 200. The van der Waals surface area contributed by atoms with Crippen molar-refractivity contribution in [2.45, 2.75) is 233 Å². The van der Waals surface area contributed by atoms with Crippen LogP contribution in [0.1, 0.15) is 179 Å². The van der Waals surface area contributed by atoms with Gasteiger partial charge in [-0.25, -0.2) is 23.9 Å². The third kappa shape index (κ3) is 32.2. The van der Waals surface area contributed by atoms with Crippen molar-refractivity contribution in [1.29, 1.82) is 0 Å². The largest absolute Gasteiger partial charge is 0.445 e. The summed E-state index contributed by atoms with van der Waals surface area (Å²) in [6, 6.07) is 13.9. The summed E-state index contributed by atoms with van der Waals surface area (Å²) in [7, 11) is 5.91. The number of H-pyrrole nitrogens is 1. The first-order valence-electron chi connectivity index (χ1n) is 47.6. The summed E-state index contributed by atoms with van der Waals surface area (Å²) in [5, 5.41) is 39.4. The van der Waals surface area contributed by atoms with Crippen LogP contribution in [0.25, 0.3) is 33.5 Å². The minimum Gasteiger partial charge on any atom is -0.445 e. The number of anilines is 3. The number of nitrogens with one attached hydrogen (secondary N) is 11. The van der Waals surface area contributed by atoms with Gasteiger partial charge in [-0.2, -0.15) is 0 Å². The van der Waals surface area contributed by atoms with Gasteiger partial charge in [0.2, 0.25) is 59.1 Å². The second-order valence-corrected chi connectivity index (χ2v) is 37.2. The summed E-state index contributed by atoms with van der Waals surface area (Å²) >= 11 is 6.41. The molecule has 762 valence electrons. The van der Waals surface area contributed by atoms with E-state index in [4.69, 9.17) is 63.5 Å². The molecular formula is C98H143ClFN21O18. The Morgan fingerprint density at radius 3 is 2.01 bits per heavy atom. The Morgan fingerprint density at radius 1 is 0.691 bits per heavy atom. The van der Waals surface area contributed by atoms with Gasteiger partial charge in [-0.15, -0.1) is 0 Å². The molecule has 0 aliphatic carbocycles. The van der Waals surface area contributed by atoms with Gasteiger partial charge in [0, 0.05) is 140 Å². The fraction of sp³-hybridized carbons (Fsp3) is 0.561. The highest BCUT2D eigenvalue weighted by molar-refractivity contribution is 6.31. The zero-order valence-corrected chi connectivity index (χ0v) is 83.1. The summed E-state index contributed by atoms with van der Waals surface area (Å²) in [5.74, 6) is -9.17. The second-order valence-electron chi connectivity index (χ2n) is 36.8. The van der Waals surface area contributed by atoms with Gasteiger partial charge in [0.1, 0.15) is 54.3 Å². The summed E-state index contributed by atoms with van der Waals surface area (Å²) in [6.07, 6.45) is 0.0818. The highest BCUT2D eigenvalue weighted by atomic mass is 35.5. The molecule has 0 radical (unpaired) electrons. The summed E-state index contributed by atoms with van der Waals surface area (Å²) in [6.45, 7) is 20.4. The molecule has 0 bridgehead atoms. The number of methoxy groups -OCH3 is 2. The average molecular weight is 1960 g/mol. The Balaban J connectivity index is 0.863. The van der Waals surface area contributed by atoms with E-state index in [0.29, 0.717) is 102 Å². The van der Waals surface area contributed by atoms with Crippen molar-refractivity contribution >= 4 is 117 Å². The number of aliphatic hydroxyl groups is 1. The molecule has 8 rings (SSSR count). The Morgan fingerprint density at radius 2 is 1.37 bits per heavy atom. The Labute approximate surface area is 817 Å². The van der Waals surface area contributed by atoms with Crippen molar-refractivity contribution in [3.63, 3.8) is 0 Å². The number of aromatic nitrogens is 3. The topological polar surface area (TPSA) is 558 Å². The predicted molar refractivity (Wildman–Crippen MR) is 526 cm³/mol. The fourth-order valence-corrected chi connectivity index (χ4v) is 17.7. The highest BCUT2D eigenvalue weighted by Gasteiger charge is 2.45. The number of nitrogens with two attached hydrogens (primary N) is 4. The number of benzene rings is 4. The van der Waals surface area contributed by atoms with E-state index in [1.807, 2.05) is 32.9 Å². The Kier molecular flexibility index (Phi) is 43.9. The van der Waals surface area contributed by atoms with E-state index in [1.54, 1.807) is 116 Å². The van der Waals surface area contributed by atoms with E-state index < -0.39 is 162 Å². The molecule has 4 heterocycles. The second kappa shape index (κ2) is 54.4. The molecule has 0 unspecified atom stereocenters. The number of amides is 14. The molecule has 13 atom stereocenters. The zero-order valence-electron chi connectivity index (χ0n) is 82.4. The van der Waals surface area contributed by atoms with E-state index in [9.17, 15) is 62.6 Å². The van der Waals surface area contributed by atoms with Crippen LogP contribution >= 0.6 is 11.6 Å². The number of piperidine rings is 1. The summed E-state index contributed by atoms with van der Waals surface area (Å²) in [5.41, 5.74) is 28.5. The van der Waals surface area contributed by atoms with Gasteiger partial charge in [0.05, 0.1) is 84.3 Å². The van der Waals surface area contributed by atoms with Gasteiger partial charge < -0.3 is 120 Å². The average Bonchev–Trinajstić information content (AvgIpc) is 1.71. The molecule has 41 heteroatoms. The van der Waals surface area contributed by atoms with E-state index in [2.05, 4.69) is 63.1 Å². The number of primary amides is 2. The Bertz CT molecular complexity index is 5160. The van der Waals surface area contributed by atoms with Gasteiger partial charge >= 0.3 is 12.1 Å². The van der Waals surface area contributed by atoms with Crippen LogP contribution in [-0.4, -0.2) is 272 Å². The number of aromatic amines is 1. The van der Waals surface area contributed by atoms with Gasteiger partial charge in [-0.05, 0) is 142 Å². The molecular weight excluding hydrogens is 1810 g/mol. The van der Waals surface area contributed by atoms with Crippen molar-refractivity contribution < 1.29 is 90.8 Å². The van der Waals surface area contributed by atoms with Crippen molar-refractivity contribution in [2.24, 2.45) is 52.5 Å². The lowest BCUT2D eigenvalue weighted by Gasteiger charge is -2.41. The van der Waals surface area contributed by atoms with Crippen molar-refractivity contribution in [3.8, 4) is 22.5 Å². The number of imidazole rings is 1. The number of fused-ring (bicyclic) bond motifs is 1. The molecule has 2 aliphatic rings. The number of hydrogen-bond acceptors (Lipinski definition) is 24. The van der Waals surface area contributed by atoms with Crippen molar-refractivity contribution in [1.82, 2.24) is 72.2 Å². The number of carbonyl (C=O) groups excluding carboxylic acids is 13. The molecule has 0 spiro atoms. The number of ether oxygens (including phenoxy) is 4. The van der Waals surface area contributed by atoms with Gasteiger partial charge in [0.25, 0.3) is 5.91 Å². The predicted octanol–water partition coefficient (Wildman–Crippen LogP) is 6.69. The number of aliphatic hydroxyl groups excluding tert-OH is 1. The molecule has 20 N–H and O–H groups in total. The van der Waals surface area contributed by atoms with Gasteiger partial charge in [0.15, 0.2) is 0 Å². The standard InChI is InChI=1S/C98H143ClFN21O18/c1-16-58(9)84(75(136-14)51-79(125)121-41-21-25-74(121)87(137-15)59(10)90(127)110-60(11)86(126)61-22-18-17-19-23-61)118(12)96(133)82(55(4)5)117-95(132)83(56(6)7)119(13)98(135)139-53-62-26-28-67(50-68(62)91(128)107-38-36-101)111-92(129)71(24-20-37-108-97(104)134)115-94(131)81(54(2)3)116-93(130)72(30-31-76(103)122)112-78(124)35-45-138-44-34-77(123)105-39-40-106-88-80(89-113-70-29-27-64(99)49-73(70)114-89)85(120-42-32-66(102)33-43-120)69(52-109-88)63-46-57(8)47-65(100)48-63/h17-19,22-23,26-29,46-50,52,54-56,58-60,66,71-72,74-75,81-84,86-87,126H,16,20-21,24-25,30-45,51,53,101-102H2,1-15H3,(H2,103,122)(H,105,123)(H,106,109)(H,107,128)(H,110,127)(H,111,129)(H,112,124)(H,113,114)(H,115,131)(H,116,130)(H,117,132)(H3,104,108,134)/t58-,59+,60+,71-,72-,74-,75+,81-,82-,83-,84-,86+,87+/m0/s1. The van der Waals surface area contributed by atoms with Crippen LogP contribution in [0.3, 0.4) is 0 Å². The molecule has 14 amide bonds. The first-order valence-corrected chi connectivity index (χ1v) is 48.0. The van der Waals surface area contributed by atoms with E-state index in [0.717, 1.165) is 16.2 Å². The van der Waals surface area contributed by atoms with Crippen LogP contribution in [0.4, 0.5) is 31.2 Å². The normalized spacial score (nSPS) is 16.0. The molecule has 2 aromatic heterocycles. The van der Waals surface area contributed by atoms with Crippen LogP contribution < -0.4 is 81.0 Å². The van der Waals surface area contributed by atoms with Crippen molar-refractivity contribution in [2.75, 3.05) is 109 Å². The maximum atomic E-state index is 15.1. The van der Waals surface area contributed by atoms with Crippen LogP contribution in [-0.2, 0) is 73.5 Å². The number of pyridine rings is 1. The monoisotopic (exact) mass is 1960 g/mol. The lowest BCUT2D eigenvalue weighted by molar-refractivity contribution is -0.148. The van der Waals surface area contributed by atoms with E-state index in [-0.39, 0.29) is 137 Å². The minimum absolute atomic E-state index is 0.00350. The first kappa shape index (κ1) is 112. The summed E-state index contributed by atoms with van der Waals surface area (Å²) < 4.78 is 38.7. The number of nitrogens with zero attached hydrogens (tertiary/aromatic N) is 6. The molecule has 6 aromatic rings. The number of rotatable bonds is 53. The molecule has 139 heavy (non-hydrogen) atoms. The first-order chi connectivity index (χ1) is 66.1. The lowest BCUT2D eigenvalue weighted by atomic mass is 9.89. The maximum absolute atomic E-state index is 15.1. The number of likely N-dealkylation sites (tertiary alicyclic amines) is 1. The number of carbonyl (C=O) groups is 13.